The van der Waals surface area contributed by atoms with Crippen LogP contribution in [0.1, 0.15) is 31.9 Å². The van der Waals surface area contributed by atoms with Crippen molar-refractivity contribution in [1.82, 2.24) is 9.80 Å². The van der Waals surface area contributed by atoms with Crippen LogP contribution in [0.15, 0.2) is 45.6 Å². The molecule has 0 aliphatic carbocycles. The SMILES string of the molecule is CCOC(=O)C1=C(C)N=C2SC=C(CC(=O)N3CCOCC3)N2[C@H]1c1cccc(OC)c1OC. The highest BCUT2D eigenvalue weighted by molar-refractivity contribution is 8.16. The quantitative estimate of drug-likeness (QED) is 0.542. The summed E-state index contributed by atoms with van der Waals surface area (Å²) in [6.45, 7) is 6.02. The number of nitrogens with zero attached hydrogens (tertiary/aromatic N) is 3. The maximum atomic E-state index is 13.1. The molecule has 0 saturated carbocycles. The molecule has 3 heterocycles. The maximum absolute atomic E-state index is 13.1. The van der Waals surface area contributed by atoms with Gasteiger partial charge in [0.1, 0.15) is 0 Å². The van der Waals surface area contributed by atoms with Gasteiger partial charge in [0.15, 0.2) is 16.7 Å². The Morgan fingerprint density at radius 3 is 2.65 bits per heavy atom. The first-order valence-electron chi connectivity index (χ1n) is 11.2. The zero-order valence-corrected chi connectivity index (χ0v) is 20.6. The molecule has 0 spiro atoms. The molecule has 4 rings (SSSR count). The summed E-state index contributed by atoms with van der Waals surface area (Å²) in [5.41, 5.74) is 2.47. The number of amides is 1. The average molecular weight is 488 g/mol. The number of esters is 1. The van der Waals surface area contributed by atoms with Crippen LogP contribution in [0.2, 0.25) is 0 Å². The lowest BCUT2D eigenvalue weighted by atomic mass is 9.92. The standard InChI is InChI=1S/C24H29N3O6S/c1-5-33-23(29)20-15(2)25-24-27(21(20)17-7-6-8-18(30-3)22(17)31-4)16(14-34-24)13-19(28)26-9-11-32-12-10-26/h6-8,14,21H,5,9-13H2,1-4H3/t21-/m0/s1. The third-order valence-electron chi connectivity index (χ3n) is 5.92. The first-order chi connectivity index (χ1) is 16.5. The second-order valence-electron chi connectivity index (χ2n) is 7.87. The molecule has 0 radical (unpaired) electrons. The molecule has 0 N–H and O–H groups in total. The summed E-state index contributed by atoms with van der Waals surface area (Å²) in [6.07, 6.45) is 0.184. The van der Waals surface area contributed by atoms with Gasteiger partial charge in [0, 0.05) is 24.4 Å². The van der Waals surface area contributed by atoms with Crippen molar-refractivity contribution in [3.63, 3.8) is 0 Å². The molecule has 182 valence electrons. The van der Waals surface area contributed by atoms with Gasteiger partial charge in [0.05, 0.1) is 57.8 Å². The van der Waals surface area contributed by atoms with Gasteiger partial charge in [-0.05, 0) is 25.3 Å². The van der Waals surface area contributed by atoms with Crippen molar-refractivity contribution in [3.05, 3.63) is 46.1 Å². The number of benzene rings is 1. The van der Waals surface area contributed by atoms with E-state index in [-0.39, 0.29) is 18.9 Å². The zero-order chi connectivity index (χ0) is 24.2. The average Bonchev–Trinajstić information content (AvgIpc) is 3.24. The first kappa shape index (κ1) is 24.2. The Hall–Kier alpha value is -2.98. The minimum absolute atomic E-state index is 0.0108. The Labute approximate surface area is 203 Å². The lowest BCUT2D eigenvalue weighted by molar-refractivity contribution is -0.139. The summed E-state index contributed by atoms with van der Waals surface area (Å²) in [5, 5.41) is 2.63. The number of aliphatic imine (C=N–C) groups is 1. The highest BCUT2D eigenvalue weighted by Gasteiger charge is 2.43. The first-order valence-corrected chi connectivity index (χ1v) is 12.1. The normalized spacial score (nSPS) is 19.9. The molecule has 1 amide bonds. The molecule has 0 bridgehead atoms. The number of methoxy groups -OCH3 is 2. The number of amidine groups is 1. The van der Waals surface area contributed by atoms with Gasteiger partial charge in [-0.3, -0.25) is 4.79 Å². The van der Waals surface area contributed by atoms with Crippen LogP contribution in [0.3, 0.4) is 0 Å². The summed E-state index contributed by atoms with van der Waals surface area (Å²) in [7, 11) is 3.14. The fourth-order valence-electron chi connectivity index (χ4n) is 4.34. The van der Waals surface area contributed by atoms with Crippen LogP contribution in [0.5, 0.6) is 11.5 Å². The van der Waals surface area contributed by atoms with E-state index in [1.807, 2.05) is 27.3 Å². The topological polar surface area (TPSA) is 89.9 Å². The van der Waals surface area contributed by atoms with Crippen LogP contribution in [0.25, 0.3) is 0 Å². The molecule has 1 fully saturated rings. The number of hydrogen-bond acceptors (Lipinski definition) is 9. The molecular weight excluding hydrogens is 458 g/mol. The summed E-state index contributed by atoms with van der Waals surface area (Å²) in [5.74, 6) is 0.624. The van der Waals surface area contributed by atoms with E-state index in [0.29, 0.717) is 54.2 Å². The van der Waals surface area contributed by atoms with Crippen molar-refractivity contribution in [2.75, 3.05) is 47.1 Å². The number of thioether (sulfide) groups is 1. The van der Waals surface area contributed by atoms with Gasteiger partial charge >= 0.3 is 5.97 Å². The van der Waals surface area contributed by atoms with Gasteiger partial charge in [-0.1, -0.05) is 23.9 Å². The fourth-order valence-corrected chi connectivity index (χ4v) is 5.30. The van der Waals surface area contributed by atoms with E-state index in [0.717, 1.165) is 11.3 Å². The summed E-state index contributed by atoms with van der Waals surface area (Å²) < 4.78 is 22.0. The smallest absolute Gasteiger partial charge is 0.338 e. The summed E-state index contributed by atoms with van der Waals surface area (Å²) >= 11 is 1.44. The second-order valence-corrected chi connectivity index (χ2v) is 8.70. The molecule has 3 aliphatic heterocycles. The largest absolute Gasteiger partial charge is 0.493 e. The Kier molecular flexibility index (Phi) is 7.47. The van der Waals surface area contributed by atoms with Crippen LogP contribution >= 0.6 is 11.8 Å². The van der Waals surface area contributed by atoms with Crippen LogP contribution in [0.4, 0.5) is 0 Å². The van der Waals surface area contributed by atoms with Crippen LogP contribution in [-0.2, 0) is 19.1 Å². The maximum Gasteiger partial charge on any atom is 0.338 e. The highest BCUT2D eigenvalue weighted by Crippen LogP contribution is 2.48. The molecule has 0 aromatic heterocycles. The van der Waals surface area contributed by atoms with E-state index in [4.69, 9.17) is 18.9 Å². The third-order valence-corrected chi connectivity index (χ3v) is 6.81. The van der Waals surface area contributed by atoms with Crippen molar-refractivity contribution < 1.29 is 28.5 Å². The third kappa shape index (κ3) is 4.52. The minimum Gasteiger partial charge on any atom is -0.493 e. The van der Waals surface area contributed by atoms with E-state index in [1.165, 1.54) is 11.8 Å². The van der Waals surface area contributed by atoms with Gasteiger partial charge < -0.3 is 28.7 Å². The lowest BCUT2D eigenvalue weighted by Gasteiger charge is -2.37. The monoisotopic (exact) mass is 487 g/mol. The number of para-hydroxylation sites is 1. The second kappa shape index (κ2) is 10.5. The predicted molar refractivity (Wildman–Crippen MR) is 129 cm³/mol. The number of fused-ring (bicyclic) bond motifs is 1. The van der Waals surface area contributed by atoms with Gasteiger partial charge in [-0.25, -0.2) is 9.79 Å². The molecule has 3 aliphatic rings. The molecule has 34 heavy (non-hydrogen) atoms. The van der Waals surface area contributed by atoms with Crippen LogP contribution in [0, 0.1) is 0 Å². The van der Waals surface area contributed by atoms with Crippen molar-refractivity contribution in [1.29, 1.82) is 0 Å². The summed E-state index contributed by atoms with van der Waals surface area (Å²) in [6, 6.07) is 4.96. The zero-order valence-electron chi connectivity index (χ0n) is 19.8. The molecule has 1 aromatic rings. The number of rotatable bonds is 7. The van der Waals surface area contributed by atoms with E-state index in [1.54, 1.807) is 34.1 Å². The van der Waals surface area contributed by atoms with E-state index >= 15 is 0 Å². The van der Waals surface area contributed by atoms with Crippen molar-refractivity contribution in [3.8, 4) is 11.5 Å². The Morgan fingerprint density at radius 1 is 1.21 bits per heavy atom. The molecule has 1 atom stereocenters. The number of morpholine rings is 1. The molecule has 1 aromatic carbocycles. The molecule has 0 unspecified atom stereocenters. The van der Waals surface area contributed by atoms with E-state index in [9.17, 15) is 9.59 Å². The van der Waals surface area contributed by atoms with Crippen molar-refractivity contribution >= 4 is 28.8 Å². The van der Waals surface area contributed by atoms with Gasteiger partial charge in [-0.2, -0.15) is 0 Å². The highest BCUT2D eigenvalue weighted by atomic mass is 32.2. The number of carbonyl (C=O) groups excluding carboxylic acids is 2. The van der Waals surface area contributed by atoms with Crippen LogP contribution in [-0.4, -0.2) is 74.0 Å². The molecule has 1 saturated heterocycles. The molecular formula is C24H29N3O6S. The number of carbonyl (C=O) groups is 2. The van der Waals surface area contributed by atoms with Gasteiger partial charge in [-0.15, -0.1) is 0 Å². The van der Waals surface area contributed by atoms with Crippen molar-refractivity contribution in [2.45, 2.75) is 26.3 Å². The Balaban J connectivity index is 1.77. The fraction of sp³-hybridized carbons (Fsp3) is 0.458. The minimum atomic E-state index is -0.588. The predicted octanol–water partition coefficient (Wildman–Crippen LogP) is 3.09. The van der Waals surface area contributed by atoms with Crippen LogP contribution < -0.4 is 9.47 Å². The summed E-state index contributed by atoms with van der Waals surface area (Å²) in [4.78, 5) is 34.7. The van der Waals surface area contributed by atoms with Gasteiger partial charge in [0.25, 0.3) is 0 Å². The number of hydrogen-bond donors (Lipinski definition) is 0. The lowest BCUT2D eigenvalue weighted by Crippen LogP contribution is -2.42. The van der Waals surface area contributed by atoms with E-state index in [2.05, 4.69) is 4.99 Å². The Morgan fingerprint density at radius 2 is 1.97 bits per heavy atom. The van der Waals surface area contributed by atoms with Gasteiger partial charge in [0.2, 0.25) is 5.91 Å². The van der Waals surface area contributed by atoms with Crippen molar-refractivity contribution in [2.24, 2.45) is 4.99 Å². The molecule has 10 heteroatoms. The number of allylic oxidation sites excluding steroid dienone is 1. The Bertz CT molecular complexity index is 1060. The van der Waals surface area contributed by atoms with E-state index < -0.39 is 12.0 Å². The number of ether oxygens (including phenoxy) is 4. The molecule has 9 nitrogen and oxygen atoms in total.